The van der Waals surface area contributed by atoms with Crippen molar-refractivity contribution in [3.05, 3.63) is 35.1 Å². The average molecular weight is 250 g/mol. The van der Waals surface area contributed by atoms with Crippen LogP contribution >= 0.6 is 0 Å². The molecule has 0 bridgehead atoms. The summed E-state index contributed by atoms with van der Waals surface area (Å²) in [7, 11) is 1.92. The number of hydrogen-bond donors (Lipinski definition) is 1. The first kappa shape index (κ1) is 13.0. The molecular formula is C14H19FN2O. The van der Waals surface area contributed by atoms with E-state index >= 15 is 0 Å². The Kier molecular flexibility index (Phi) is 3.97. The highest BCUT2D eigenvalue weighted by Gasteiger charge is 2.26. The highest BCUT2D eigenvalue weighted by atomic mass is 19.1. The fourth-order valence-corrected chi connectivity index (χ4v) is 2.51. The summed E-state index contributed by atoms with van der Waals surface area (Å²) in [5.74, 6) is 0.106. The SMILES string of the molecule is CNCC1CCN(C(=O)c2cc(C)cc(F)c2)C1. The molecule has 1 aromatic rings. The molecule has 3 nitrogen and oxygen atoms in total. The molecule has 2 rings (SSSR count). The highest BCUT2D eigenvalue weighted by molar-refractivity contribution is 5.94. The molecular weight excluding hydrogens is 231 g/mol. The molecule has 1 aliphatic heterocycles. The van der Waals surface area contributed by atoms with Crippen LogP contribution in [0.15, 0.2) is 18.2 Å². The number of hydrogen-bond acceptors (Lipinski definition) is 2. The molecule has 0 radical (unpaired) electrons. The topological polar surface area (TPSA) is 32.3 Å². The molecule has 1 atom stereocenters. The molecule has 1 amide bonds. The summed E-state index contributed by atoms with van der Waals surface area (Å²) < 4.78 is 13.3. The zero-order valence-corrected chi connectivity index (χ0v) is 10.9. The second kappa shape index (κ2) is 5.48. The van der Waals surface area contributed by atoms with Crippen LogP contribution in [0.25, 0.3) is 0 Å². The fourth-order valence-electron chi connectivity index (χ4n) is 2.51. The van der Waals surface area contributed by atoms with Crippen molar-refractivity contribution in [2.24, 2.45) is 5.92 Å². The monoisotopic (exact) mass is 250 g/mol. The Morgan fingerprint density at radius 1 is 1.50 bits per heavy atom. The lowest BCUT2D eigenvalue weighted by Gasteiger charge is -2.17. The number of aryl methyl sites for hydroxylation is 1. The summed E-state index contributed by atoms with van der Waals surface area (Å²) in [6, 6.07) is 4.50. The number of nitrogens with zero attached hydrogens (tertiary/aromatic N) is 1. The van der Waals surface area contributed by atoms with E-state index in [0.717, 1.165) is 31.6 Å². The molecule has 98 valence electrons. The smallest absolute Gasteiger partial charge is 0.253 e. The number of halogens is 1. The largest absolute Gasteiger partial charge is 0.338 e. The summed E-state index contributed by atoms with van der Waals surface area (Å²) >= 11 is 0. The lowest BCUT2D eigenvalue weighted by molar-refractivity contribution is 0.0786. The average Bonchev–Trinajstić information content (AvgIpc) is 2.76. The Hall–Kier alpha value is -1.42. The van der Waals surface area contributed by atoms with Crippen molar-refractivity contribution < 1.29 is 9.18 Å². The lowest BCUT2D eigenvalue weighted by Crippen LogP contribution is -2.30. The normalized spacial score (nSPS) is 19.3. The van der Waals surface area contributed by atoms with Gasteiger partial charge in [0.05, 0.1) is 0 Å². The van der Waals surface area contributed by atoms with E-state index in [0.29, 0.717) is 11.5 Å². The Morgan fingerprint density at radius 2 is 2.28 bits per heavy atom. The predicted octanol–water partition coefficient (Wildman–Crippen LogP) is 1.82. The van der Waals surface area contributed by atoms with Gasteiger partial charge in [0.15, 0.2) is 0 Å². The predicted molar refractivity (Wildman–Crippen MR) is 69.1 cm³/mol. The minimum absolute atomic E-state index is 0.0591. The van der Waals surface area contributed by atoms with Crippen LogP contribution in [-0.4, -0.2) is 37.5 Å². The molecule has 4 heteroatoms. The van der Waals surface area contributed by atoms with Crippen LogP contribution in [0.4, 0.5) is 4.39 Å². The first-order valence-electron chi connectivity index (χ1n) is 6.31. The van der Waals surface area contributed by atoms with Crippen LogP contribution in [0.5, 0.6) is 0 Å². The summed E-state index contributed by atoms with van der Waals surface area (Å²) in [6.07, 6.45) is 1.01. The van der Waals surface area contributed by atoms with Crippen LogP contribution < -0.4 is 5.32 Å². The van der Waals surface area contributed by atoms with Gasteiger partial charge in [-0.05, 0) is 56.6 Å². The summed E-state index contributed by atoms with van der Waals surface area (Å²) in [5.41, 5.74) is 1.24. The van der Waals surface area contributed by atoms with Gasteiger partial charge in [-0.3, -0.25) is 4.79 Å². The quantitative estimate of drug-likeness (QED) is 0.887. The zero-order chi connectivity index (χ0) is 13.1. The van der Waals surface area contributed by atoms with Crippen molar-refractivity contribution in [3.63, 3.8) is 0 Å². The van der Waals surface area contributed by atoms with Crippen molar-refractivity contribution >= 4 is 5.91 Å². The molecule has 1 heterocycles. The number of amides is 1. The second-order valence-corrected chi connectivity index (χ2v) is 4.98. The molecule has 1 fully saturated rings. The fraction of sp³-hybridized carbons (Fsp3) is 0.500. The van der Waals surface area contributed by atoms with Crippen LogP contribution in [0.2, 0.25) is 0 Å². The van der Waals surface area contributed by atoms with Crippen LogP contribution in [0.3, 0.4) is 0 Å². The number of carbonyl (C=O) groups is 1. The second-order valence-electron chi connectivity index (χ2n) is 4.98. The molecule has 0 saturated carbocycles. The van der Waals surface area contributed by atoms with Gasteiger partial charge in [-0.15, -0.1) is 0 Å². The maximum atomic E-state index is 13.3. The molecule has 18 heavy (non-hydrogen) atoms. The highest BCUT2D eigenvalue weighted by Crippen LogP contribution is 2.19. The minimum Gasteiger partial charge on any atom is -0.338 e. The summed E-state index contributed by atoms with van der Waals surface area (Å²) in [4.78, 5) is 14.1. The zero-order valence-electron chi connectivity index (χ0n) is 10.9. The first-order chi connectivity index (χ1) is 8.60. The van der Waals surface area contributed by atoms with Gasteiger partial charge < -0.3 is 10.2 Å². The van der Waals surface area contributed by atoms with Crippen molar-refractivity contribution in [2.75, 3.05) is 26.7 Å². The van der Waals surface area contributed by atoms with E-state index in [2.05, 4.69) is 5.32 Å². The maximum Gasteiger partial charge on any atom is 0.253 e. The van der Waals surface area contributed by atoms with Crippen molar-refractivity contribution in [3.8, 4) is 0 Å². The van der Waals surface area contributed by atoms with Crippen molar-refractivity contribution in [1.29, 1.82) is 0 Å². The van der Waals surface area contributed by atoms with Gasteiger partial charge in [-0.1, -0.05) is 0 Å². The number of likely N-dealkylation sites (tertiary alicyclic amines) is 1. The molecule has 1 N–H and O–H groups in total. The number of rotatable bonds is 3. The molecule has 0 aromatic heterocycles. The van der Waals surface area contributed by atoms with Gasteiger partial charge in [0.2, 0.25) is 0 Å². The Labute approximate surface area is 107 Å². The molecule has 1 aromatic carbocycles. The van der Waals surface area contributed by atoms with Gasteiger partial charge in [0, 0.05) is 18.7 Å². The van der Waals surface area contributed by atoms with E-state index in [1.54, 1.807) is 13.0 Å². The lowest BCUT2D eigenvalue weighted by atomic mass is 10.1. The molecule has 1 unspecified atom stereocenters. The van der Waals surface area contributed by atoms with Crippen molar-refractivity contribution in [1.82, 2.24) is 10.2 Å². The van der Waals surface area contributed by atoms with E-state index in [9.17, 15) is 9.18 Å². The van der Waals surface area contributed by atoms with Crippen LogP contribution in [0, 0.1) is 18.7 Å². The number of nitrogens with one attached hydrogen (secondary N) is 1. The maximum absolute atomic E-state index is 13.3. The first-order valence-corrected chi connectivity index (χ1v) is 6.31. The number of benzene rings is 1. The minimum atomic E-state index is -0.343. The Balaban J connectivity index is 2.08. The van der Waals surface area contributed by atoms with Gasteiger partial charge in [-0.25, -0.2) is 4.39 Å². The van der Waals surface area contributed by atoms with E-state index in [1.807, 2.05) is 11.9 Å². The van der Waals surface area contributed by atoms with Crippen molar-refractivity contribution in [2.45, 2.75) is 13.3 Å². The Bertz CT molecular complexity index is 427. The third-order valence-corrected chi connectivity index (χ3v) is 3.35. The third-order valence-electron chi connectivity index (χ3n) is 3.35. The van der Waals surface area contributed by atoms with Gasteiger partial charge in [0.25, 0.3) is 5.91 Å². The molecule has 0 spiro atoms. The van der Waals surface area contributed by atoms with Gasteiger partial charge >= 0.3 is 0 Å². The van der Waals surface area contributed by atoms with E-state index in [4.69, 9.17) is 0 Å². The van der Waals surface area contributed by atoms with E-state index < -0.39 is 0 Å². The van der Waals surface area contributed by atoms with Crippen LogP contribution in [0.1, 0.15) is 22.3 Å². The third kappa shape index (κ3) is 2.88. The van der Waals surface area contributed by atoms with Gasteiger partial charge in [-0.2, -0.15) is 0 Å². The molecule has 0 aliphatic carbocycles. The van der Waals surface area contributed by atoms with E-state index in [-0.39, 0.29) is 11.7 Å². The summed E-state index contributed by atoms with van der Waals surface area (Å²) in [6.45, 7) is 4.25. The van der Waals surface area contributed by atoms with Gasteiger partial charge in [0.1, 0.15) is 5.82 Å². The molecule has 1 saturated heterocycles. The van der Waals surface area contributed by atoms with E-state index in [1.165, 1.54) is 12.1 Å². The Morgan fingerprint density at radius 3 is 2.94 bits per heavy atom. The number of carbonyl (C=O) groups excluding carboxylic acids is 1. The standard InChI is InChI=1S/C14H19FN2O/c1-10-5-12(7-13(15)6-10)14(18)17-4-3-11(9-17)8-16-2/h5-7,11,16H,3-4,8-9H2,1-2H3. The molecule has 1 aliphatic rings. The van der Waals surface area contributed by atoms with Crippen LogP contribution in [-0.2, 0) is 0 Å². The summed E-state index contributed by atoms with van der Waals surface area (Å²) in [5, 5.41) is 3.13.